The number of hydrazine groups is 1. The van der Waals surface area contributed by atoms with Gasteiger partial charge >= 0.3 is 36.8 Å². The number of anilines is 1. The van der Waals surface area contributed by atoms with Gasteiger partial charge in [0.1, 0.15) is 29.1 Å². The quantitative estimate of drug-likeness (QED) is 0.0431. The van der Waals surface area contributed by atoms with E-state index in [9.17, 15) is 24.0 Å². The molecule has 5 aromatic heterocycles. The average Bonchev–Trinajstić information content (AvgIpc) is 3.70. The number of aryl methyl sites for hydroxylation is 8. The number of nitrogen functional groups attached to an aromatic ring is 1. The Bertz CT molecular complexity index is 2150. The number of carboxylic acids is 1. The maximum Gasteiger partial charge on any atom is 1.00 e. The van der Waals surface area contributed by atoms with E-state index < -0.39 is 23.7 Å². The summed E-state index contributed by atoms with van der Waals surface area (Å²) in [6.07, 6.45) is -0.362. The fourth-order valence-corrected chi connectivity index (χ4v) is 4.63. The zero-order chi connectivity index (χ0) is 42.3. The van der Waals surface area contributed by atoms with Gasteiger partial charge in [0.05, 0.1) is 20.1 Å². The van der Waals surface area contributed by atoms with Crippen LogP contribution in [0.4, 0.5) is 5.82 Å². The zero-order valence-electron chi connectivity index (χ0n) is 35.1. The molecule has 0 spiro atoms. The van der Waals surface area contributed by atoms with Crippen LogP contribution in [-0.4, -0.2) is 109 Å². The van der Waals surface area contributed by atoms with Crippen LogP contribution in [0.15, 0.2) is 30.3 Å². The van der Waals surface area contributed by atoms with Gasteiger partial charge in [0, 0.05) is 46.7 Å². The van der Waals surface area contributed by atoms with Crippen molar-refractivity contribution in [1.82, 2.24) is 49.5 Å². The Morgan fingerprint density at radius 1 is 0.717 bits per heavy atom. The minimum Gasteiger partial charge on any atom is -0.870 e. The van der Waals surface area contributed by atoms with Crippen molar-refractivity contribution in [2.45, 2.75) is 83.1 Å². The maximum absolute atomic E-state index is 11.4. The van der Waals surface area contributed by atoms with Crippen molar-refractivity contribution < 1.29 is 68.4 Å². The van der Waals surface area contributed by atoms with Gasteiger partial charge in [-0.2, -0.15) is 10.2 Å². The molecule has 0 amide bonds. The predicted molar refractivity (Wildman–Crippen MR) is 214 cm³/mol. The van der Waals surface area contributed by atoms with E-state index in [0.717, 1.165) is 34.3 Å². The maximum atomic E-state index is 11.4. The van der Waals surface area contributed by atoms with E-state index in [1.54, 1.807) is 43.7 Å². The smallest absolute Gasteiger partial charge is 0.870 e. The normalized spacial score (nSPS) is 9.33. The van der Waals surface area contributed by atoms with E-state index in [1.165, 1.54) is 24.8 Å². The number of Topliss-reactive ketones (excluding diaryl/α,β-unsaturated/α-hetero) is 2. The average molecular weight is 833 g/mol. The molecule has 0 aliphatic rings. The van der Waals surface area contributed by atoms with Crippen LogP contribution in [0.1, 0.15) is 94.6 Å². The summed E-state index contributed by atoms with van der Waals surface area (Å²) in [7, 11) is 1.33. The molecule has 0 aromatic carbocycles. The Kier molecular flexibility index (Phi) is 26.5. The molecule has 5 heterocycles. The molecule has 5 rings (SSSR count). The predicted octanol–water partition coefficient (Wildman–Crippen LogP) is -0.225. The van der Waals surface area contributed by atoms with Crippen molar-refractivity contribution in [1.29, 1.82) is 0 Å². The van der Waals surface area contributed by atoms with Gasteiger partial charge in [-0.3, -0.25) is 9.59 Å². The van der Waals surface area contributed by atoms with Crippen LogP contribution in [0.25, 0.3) is 11.6 Å². The number of aromatic carboxylic acids is 1. The number of esters is 2. The second-order valence-corrected chi connectivity index (χ2v) is 11.9. The molecule has 0 unspecified atom stereocenters. The number of nitrogens with two attached hydrogens (primary N) is 1. The molecule has 7 N–H and O–H groups in total. The number of nitrogens with zero attached hydrogens (tertiary/aromatic N) is 10. The Balaban J connectivity index is -0.000000727. The monoisotopic (exact) mass is 832 g/mol. The molecule has 0 bridgehead atoms. The van der Waals surface area contributed by atoms with Crippen LogP contribution >= 0.6 is 0 Å². The summed E-state index contributed by atoms with van der Waals surface area (Å²) in [6, 6.07) is 8.54. The molecular formula is C37H53LiN12O10. The number of carbonyl (C=O) groups is 5. The second-order valence-electron chi connectivity index (χ2n) is 11.9. The first-order valence-corrected chi connectivity index (χ1v) is 16.9. The molecule has 23 heteroatoms. The first-order chi connectivity index (χ1) is 26.3. The minimum absolute atomic E-state index is 0. The van der Waals surface area contributed by atoms with Gasteiger partial charge in [-0.15, -0.1) is 0 Å². The Labute approximate surface area is 359 Å². The number of carboxylic acid groups (broad SMARTS) is 1. The number of ether oxygens (including phenoxy) is 2. The minimum atomic E-state index is -1.05. The molecule has 0 saturated heterocycles. The van der Waals surface area contributed by atoms with Gasteiger partial charge in [-0.05, 0) is 81.4 Å². The first-order valence-electron chi connectivity index (χ1n) is 16.9. The van der Waals surface area contributed by atoms with Gasteiger partial charge in [0.2, 0.25) is 5.78 Å². The molecule has 0 fully saturated rings. The summed E-state index contributed by atoms with van der Waals surface area (Å²) in [4.78, 5) is 78.8. The van der Waals surface area contributed by atoms with E-state index >= 15 is 0 Å². The van der Waals surface area contributed by atoms with Crippen molar-refractivity contribution in [3.05, 3.63) is 87.7 Å². The summed E-state index contributed by atoms with van der Waals surface area (Å²) in [5.41, 5.74) is 6.86. The topological polar surface area (TPSA) is 337 Å². The van der Waals surface area contributed by atoms with E-state index in [-0.39, 0.29) is 67.4 Å². The van der Waals surface area contributed by atoms with Gasteiger partial charge in [0.25, 0.3) is 0 Å². The molecule has 0 saturated carbocycles. The number of hydrogen-bond acceptors (Lipinski definition) is 18. The van der Waals surface area contributed by atoms with Crippen LogP contribution in [0.2, 0.25) is 0 Å². The van der Waals surface area contributed by atoms with Crippen LogP contribution in [0, 0.1) is 55.4 Å². The van der Waals surface area contributed by atoms with Crippen LogP contribution < -0.4 is 30.1 Å². The second kappa shape index (κ2) is 27.4. The van der Waals surface area contributed by atoms with Crippen LogP contribution in [0.3, 0.4) is 0 Å². The zero-order valence-corrected chi connectivity index (χ0v) is 35.1. The van der Waals surface area contributed by atoms with Gasteiger partial charge in [0.15, 0.2) is 23.0 Å². The third-order valence-electron chi connectivity index (χ3n) is 6.75. The third-order valence-corrected chi connectivity index (χ3v) is 6.75. The fourth-order valence-electron chi connectivity index (χ4n) is 4.63. The summed E-state index contributed by atoms with van der Waals surface area (Å²) in [6.45, 7) is 17.7. The molecule has 0 radical (unpaired) electrons. The summed E-state index contributed by atoms with van der Waals surface area (Å²) in [5.74, 6) is 5.52. The largest absolute Gasteiger partial charge is 1.00 e. The molecular weight excluding hydrogens is 779 g/mol. The summed E-state index contributed by atoms with van der Waals surface area (Å²) in [5, 5.41) is 17.0. The number of nitrogens with one attached hydrogen (secondary N) is 1. The molecule has 0 aliphatic carbocycles. The third kappa shape index (κ3) is 18.5. The van der Waals surface area contributed by atoms with Crippen molar-refractivity contribution >= 4 is 35.3 Å². The number of carbonyl (C=O) groups excluding carboxylic acids is 4. The van der Waals surface area contributed by atoms with Crippen molar-refractivity contribution in [2.24, 2.45) is 5.84 Å². The van der Waals surface area contributed by atoms with Crippen molar-refractivity contribution in [2.75, 3.05) is 19.1 Å². The van der Waals surface area contributed by atoms with Crippen LogP contribution in [-0.2, 0) is 23.9 Å². The Morgan fingerprint density at radius 3 is 1.48 bits per heavy atom. The Morgan fingerprint density at radius 2 is 1.13 bits per heavy atom. The SMILES string of the molecule is C.CCOC(=O)C(=O)CC(C)=O.COC(=O)c1cc(C)n(-c2cc(C)nc(C)n2)n1.Cc1cc(-n2nc(C(=O)O)cc2C)nc(C)n1.Cc1cc(NN)nc(C)n1.O.[Li+].[OH-]. The number of hydrogen-bond donors (Lipinski definition) is 3. The number of ketones is 2. The van der Waals surface area contributed by atoms with Crippen molar-refractivity contribution in [3.8, 4) is 11.6 Å². The molecule has 22 nitrogen and oxygen atoms in total. The molecule has 60 heavy (non-hydrogen) atoms. The molecule has 0 atom stereocenters. The van der Waals surface area contributed by atoms with Gasteiger partial charge in [-0.25, -0.2) is 59.5 Å². The molecule has 0 aliphatic heterocycles. The fraction of sp³-hybridized carbons (Fsp3) is 0.378. The van der Waals surface area contributed by atoms with E-state index in [4.69, 9.17) is 10.9 Å². The van der Waals surface area contributed by atoms with Gasteiger partial charge in [-0.1, -0.05) is 7.43 Å². The number of rotatable bonds is 9. The molecule has 5 aromatic rings. The summed E-state index contributed by atoms with van der Waals surface area (Å²) < 4.78 is 12.1. The van der Waals surface area contributed by atoms with Crippen LogP contribution in [0.5, 0.6) is 0 Å². The Hall–Kier alpha value is -6.31. The summed E-state index contributed by atoms with van der Waals surface area (Å²) >= 11 is 0. The first kappa shape index (κ1) is 58.0. The molecule has 322 valence electrons. The standard InChI is InChI=1S/C12H14N4O2.C11H12N4O2.C7H10O4.C6H10N4.CH4.Li.2H2O/c1-7-5-11(14-9(3)13-7)16-8(2)6-10(15-16)12(17)18-4;1-6-4-10(13-8(3)12-6)15-7(2)5-9(14-15)11(16)17;1-3-11-7(10)6(9)4-5(2)8;1-4-3-6(10-7)9-5(2)8-4;;;;/h5-6H,1-4H3;4-5H,1-3H3,(H,16,17);3-4H2,1-2H3;3H,7H2,1-2H3,(H,8,9,10);1H4;;2*1H2/q;;;;;+1;;/p-1. The van der Waals surface area contributed by atoms with E-state index in [2.05, 4.69) is 55.0 Å². The van der Waals surface area contributed by atoms with Crippen molar-refractivity contribution in [3.63, 3.8) is 0 Å². The number of aromatic nitrogens is 10. The van der Waals surface area contributed by atoms with E-state index in [0.29, 0.717) is 29.1 Å². The number of methoxy groups -OCH3 is 1. The van der Waals surface area contributed by atoms with E-state index in [1.807, 2.05) is 47.6 Å². The van der Waals surface area contributed by atoms with Gasteiger partial charge < -0.3 is 31.0 Å².